The van der Waals surface area contributed by atoms with Crippen molar-refractivity contribution in [1.29, 1.82) is 0 Å². The molecule has 2 aliphatic heterocycles. The Morgan fingerprint density at radius 3 is 2.71 bits per heavy atom. The highest BCUT2D eigenvalue weighted by atomic mass is 16.6. The van der Waals surface area contributed by atoms with E-state index >= 15 is 0 Å². The Hall–Kier alpha value is -1.28. The second kappa shape index (κ2) is 4.66. The summed E-state index contributed by atoms with van der Waals surface area (Å²) in [5.41, 5.74) is -2.27. The van der Waals surface area contributed by atoms with Crippen LogP contribution in [0.15, 0.2) is 11.6 Å². The highest BCUT2D eigenvalue weighted by Crippen LogP contribution is 2.71. The number of carbonyl (C=O) groups excluding carboxylic acids is 2. The van der Waals surface area contributed by atoms with Crippen molar-refractivity contribution < 1.29 is 34.0 Å². The number of ether oxygens (including phenoxy) is 3. The van der Waals surface area contributed by atoms with E-state index in [4.69, 9.17) is 14.2 Å². The number of epoxide rings is 1. The van der Waals surface area contributed by atoms with Crippen LogP contribution in [0.25, 0.3) is 0 Å². The summed E-state index contributed by atoms with van der Waals surface area (Å²) in [5, 5.41) is 21.4. The Kier molecular flexibility index (Phi) is 3.15. The number of aliphatic hydroxyl groups is 2. The number of carbonyl (C=O) groups is 2. The molecule has 2 saturated heterocycles. The zero-order valence-electron chi connectivity index (χ0n) is 13.9. The van der Waals surface area contributed by atoms with Crippen molar-refractivity contribution in [3.8, 4) is 0 Å². The lowest BCUT2D eigenvalue weighted by molar-refractivity contribution is -0.247. The number of ketones is 1. The van der Waals surface area contributed by atoms with Crippen LogP contribution < -0.4 is 0 Å². The quantitative estimate of drug-likeness (QED) is 0.527. The van der Waals surface area contributed by atoms with Gasteiger partial charge in [0.15, 0.2) is 5.78 Å². The van der Waals surface area contributed by atoms with Gasteiger partial charge in [0.2, 0.25) is 0 Å². The number of hydrogen-bond donors (Lipinski definition) is 2. The molecule has 24 heavy (non-hydrogen) atoms. The molecule has 0 aromatic heterocycles. The molecule has 7 atom stereocenters. The number of esters is 1. The van der Waals surface area contributed by atoms with Crippen LogP contribution in [-0.2, 0) is 23.8 Å². The maximum absolute atomic E-state index is 12.5. The SMILES string of the molecule is CC(=O)OC[C@]12[C@H](O)C(=O)C(C)=C[C@H]1O[C@@H]1[C@@H](O)C[C@]2(C)[C@@]12CO2. The summed E-state index contributed by atoms with van der Waals surface area (Å²) in [6.45, 7) is 5.04. The van der Waals surface area contributed by atoms with Crippen LogP contribution in [-0.4, -0.2) is 65.2 Å². The molecular formula is C17H22O7. The smallest absolute Gasteiger partial charge is 0.302 e. The van der Waals surface area contributed by atoms with E-state index in [0.717, 1.165) is 0 Å². The first-order valence-corrected chi connectivity index (χ1v) is 8.21. The summed E-state index contributed by atoms with van der Waals surface area (Å²) < 4.78 is 17.1. The van der Waals surface area contributed by atoms with Crippen molar-refractivity contribution in [1.82, 2.24) is 0 Å². The minimum atomic E-state index is -1.39. The minimum Gasteiger partial charge on any atom is -0.465 e. The molecule has 4 rings (SSSR count). The Bertz CT molecular complexity index is 651. The molecule has 0 radical (unpaired) electrons. The summed E-state index contributed by atoms with van der Waals surface area (Å²) in [5.74, 6) is -0.900. The molecule has 7 nitrogen and oxygen atoms in total. The number of fused-ring (bicyclic) bond motifs is 2. The first-order valence-electron chi connectivity index (χ1n) is 8.21. The topological polar surface area (TPSA) is 106 Å². The maximum atomic E-state index is 12.5. The highest BCUT2D eigenvalue weighted by molar-refractivity contribution is 6.00. The predicted octanol–water partition coefficient (Wildman–Crippen LogP) is -0.267. The van der Waals surface area contributed by atoms with Gasteiger partial charge in [-0.15, -0.1) is 0 Å². The number of hydrogen-bond acceptors (Lipinski definition) is 7. The third kappa shape index (κ3) is 1.61. The minimum absolute atomic E-state index is 0.162. The van der Waals surface area contributed by atoms with Crippen LogP contribution in [0.2, 0.25) is 0 Å². The summed E-state index contributed by atoms with van der Waals surface area (Å²) in [4.78, 5) is 24.0. The molecule has 7 heteroatoms. The van der Waals surface area contributed by atoms with Gasteiger partial charge in [-0.2, -0.15) is 0 Å². The number of Topliss-reactive ketones (excluding diaryl/α,β-unsaturated/α-hetero) is 1. The van der Waals surface area contributed by atoms with Gasteiger partial charge in [0.1, 0.15) is 24.4 Å². The second-order valence-corrected chi connectivity index (χ2v) is 7.70. The standard InChI is InChI=1S/C17H22O7/c1-8-4-11-16(6-22-9(2)18,13(21)12(8)20)15(3)5-10(19)14(24-11)17(15)7-23-17/h4,10-11,13-14,19,21H,5-7H2,1-3H3/t10-,11+,13+,14+,15-,16+,17+/m0/s1. The molecule has 1 spiro atoms. The van der Waals surface area contributed by atoms with E-state index < -0.39 is 52.6 Å². The van der Waals surface area contributed by atoms with E-state index in [0.29, 0.717) is 18.6 Å². The van der Waals surface area contributed by atoms with Crippen molar-refractivity contribution in [2.45, 2.75) is 57.2 Å². The lowest BCUT2D eigenvalue weighted by Gasteiger charge is -2.58. The lowest BCUT2D eigenvalue weighted by Crippen LogP contribution is -2.70. The normalized spacial score (nSPS) is 52.0. The van der Waals surface area contributed by atoms with Crippen LogP contribution in [0.5, 0.6) is 0 Å². The van der Waals surface area contributed by atoms with E-state index in [1.807, 2.05) is 6.92 Å². The van der Waals surface area contributed by atoms with E-state index in [9.17, 15) is 19.8 Å². The van der Waals surface area contributed by atoms with Gasteiger partial charge in [0.05, 0.1) is 24.2 Å². The zero-order chi connectivity index (χ0) is 17.5. The molecule has 4 aliphatic rings. The Balaban J connectivity index is 1.89. The zero-order valence-corrected chi connectivity index (χ0v) is 13.9. The molecule has 0 unspecified atom stereocenters. The van der Waals surface area contributed by atoms with Crippen LogP contribution >= 0.6 is 0 Å². The summed E-state index contributed by atoms with van der Waals surface area (Å²) in [7, 11) is 0. The maximum Gasteiger partial charge on any atom is 0.302 e. The van der Waals surface area contributed by atoms with E-state index in [-0.39, 0.29) is 6.61 Å². The van der Waals surface area contributed by atoms with Crippen LogP contribution in [0.3, 0.4) is 0 Å². The summed E-state index contributed by atoms with van der Waals surface area (Å²) >= 11 is 0. The third-order valence-electron chi connectivity index (χ3n) is 6.68. The fourth-order valence-electron chi connectivity index (χ4n) is 5.21. The van der Waals surface area contributed by atoms with Crippen molar-refractivity contribution in [2.24, 2.45) is 10.8 Å². The Morgan fingerprint density at radius 2 is 2.12 bits per heavy atom. The fourth-order valence-corrected chi connectivity index (χ4v) is 5.21. The highest BCUT2D eigenvalue weighted by Gasteiger charge is 2.83. The molecule has 2 heterocycles. The van der Waals surface area contributed by atoms with Gasteiger partial charge in [-0.25, -0.2) is 0 Å². The molecule has 3 fully saturated rings. The van der Waals surface area contributed by atoms with Crippen LogP contribution in [0.4, 0.5) is 0 Å². The van der Waals surface area contributed by atoms with E-state index in [1.165, 1.54) is 6.92 Å². The van der Waals surface area contributed by atoms with Gasteiger partial charge in [-0.1, -0.05) is 6.92 Å². The first-order chi connectivity index (χ1) is 11.2. The van der Waals surface area contributed by atoms with Gasteiger partial charge >= 0.3 is 5.97 Å². The summed E-state index contributed by atoms with van der Waals surface area (Å²) in [6.07, 6.45) is -1.30. The summed E-state index contributed by atoms with van der Waals surface area (Å²) in [6, 6.07) is 0. The molecule has 2 aliphatic carbocycles. The average molecular weight is 338 g/mol. The molecule has 0 aromatic carbocycles. The lowest BCUT2D eigenvalue weighted by atomic mass is 9.50. The first kappa shape index (κ1) is 16.2. The largest absolute Gasteiger partial charge is 0.465 e. The third-order valence-corrected chi connectivity index (χ3v) is 6.68. The number of rotatable bonds is 2. The molecule has 0 aromatic rings. The van der Waals surface area contributed by atoms with Gasteiger partial charge < -0.3 is 24.4 Å². The van der Waals surface area contributed by atoms with Gasteiger partial charge in [-0.3, -0.25) is 9.59 Å². The van der Waals surface area contributed by atoms with Crippen LogP contribution in [0, 0.1) is 10.8 Å². The molecule has 0 amide bonds. The van der Waals surface area contributed by atoms with Gasteiger partial charge in [0, 0.05) is 12.3 Å². The van der Waals surface area contributed by atoms with Crippen molar-refractivity contribution in [3.05, 3.63) is 11.6 Å². The van der Waals surface area contributed by atoms with Crippen LogP contribution in [0.1, 0.15) is 27.2 Å². The van der Waals surface area contributed by atoms with Crippen molar-refractivity contribution in [3.63, 3.8) is 0 Å². The second-order valence-electron chi connectivity index (χ2n) is 7.70. The molecule has 2 bridgehead atoms. The number of aliphatic hydroxyl groups excluding tert-OH is 2. The predicted molar refractivity (Wildman–Crippen MR) is 79.9 cm³/mol. The van der Waals surface area contributed by atoms with Crippen molar-refractivity contribution >= 4 is 11.8 Å². The van der Waals surface area contributed by atoms with Gasteiger partial charge in [0.25, 0.3) is 0 Å². The van der Waals surface area contributed by atoms with E-state index in [1.54, 1.807) is 13.0 Å². The molecule has 132 valence electrons. The average Bonchev–Trinajstić information content (AvgIpc) is 3.27. The fraction of sp³-hybridized carbons (Fsp3) is 0.765. The monoisotopic (exact) mass is 338 g/mol. The van der Waals surface area contributed by atoms with E-state index in [2.05, 4.69) is 0 Å². The van der Waals surface area contributed by atoms with Crippen molar-refractivity contribution in [2.75, 3.05) is 13.2 Å². The van der Waals surface area contributed by atoms with Gasteiger partial charge in [-0.05, 0) is 25.0 Å². The Labute approximate surface area is 139 Å². The molecule has 2 N–H and O–H groups in total. The Morgan fingerprint density at radius 1 is 1.46 bits per heavy atom. The molecular weight excluding hydrogens is 316 g/mol. The molecule has 1 saturated carbocycles.